The number of benzene rings is 1. The number of carbonyl (C=O) groups excluding carboxylic acids is 1. The van der Waals surface area contributed by atoms with Crippen molar-refractivity contribution in [2.24, 2.45) is 0 Å². The van der Waals surface area contributed by atoms with Gasteiger partial charge in [-0.3, -0.25) is 4.79 Å². The highest BCUT2D eigenvalue weighted by Gasteiger charge is 2.24. The summed E-state index contributed by atoms with van der Waals surface area (Å²) in [5.41, 5.74) is 4.18. The van der Waals surface area contributed by atoms with E-state index in [1.165, 1.54) is 10.4 Å². The fourth-order valence-electron chi connectivity index (χ4n) is 2.41. The molecule has 1 amide bonds. The predicted octanol–water partition coefficient (Wildman–Crippen LogP) is 3.01. The summed E-state index contributed by atoms with van der Waals surface area (Å²) in [5.74, 6) is 0.119. The number of hydrogen-bond acceptors (Lipinski definition) is 3. The minimum Gasteiger partial charge on any atom is -0.337 e. The van der Waals surface area contributed by atoms with Gasteiger partial charge in [0.2, 0.25) is 0 Å². The van der Waals surface area contributed by atoms with Crippen LogP contribution in [-0.2, 0) is 6.54 Å². The smallest absolute Gasteiger partial charge is 0.254 e. The van der Waals surface area contributed by atoms with Crippen molar-refractivity contribution in [2.75, 3.05) is 7.05 Å². The van der Waals surface area contributed by atoms with Crippen LogP contribution in [0.2, 0.25) is 0 Å². The standard InChI is InChI=1S/C14H14N2OS/c1-8-13(18-9(2)15-8)10-4-5-12-11(6-10)7-16(3)14(12)17/h4-6H,7H2,1-3H3. The van der Waals surface area contributed by atoms with Crippen molar-refractivity contribution in [3.63, 3.8) is 0 Å². The van der Waals surface area contributed by atoms with Gasteiger partial charge in [-0.15, -0.1) is 11.3 Å². The molecule has 0 bridgehead atoms. The summed E-state index contributed by atoms with van der Waals surface area (Å²) >= 11 is 1.70. The zero-order valence-corrected chi connectivity index (χ0v) is 11.5. The topological polar surface area (TPSA) is 33.2 Å². The van der Waals surface area contributed by atoms with Gasteiger partial charge in [0.1, 0.15) is 0 Å². The second kappa shape index (κ2) is 3.92. The quantitative estimate of drug-likeness (QED) is 0.787. The zero-order chi connectivity index (χ0) is 12.9. The molecule has 0 saturated carbocycles. The van der Waals surface area contributed by atoms with Crippen LogP contribution in [0.15, 0.2) is 18.2 Å². The first-order valence-electron chi connectivity index (χ1n) is 5.89. The molecule has 0 radical (unpaired) electrons. The lowest BCUT2D eigenvalue weighted by atomic mass is 10.0. The number of hydrogen-bond donors (Lipinski definition) is 0. The average Bonchev–Trinajstić information content (AvgIpc) is 2.80. The van der Waals surface area contributed by atoms with Gasteiger partial charge < -0.3 is 4.90 Å². The normalized spacial score (nSPS) is 14.2. The third kappa shape index (κ3) is 1.64. The Morgan fingerprint density at radius 3 is 2.78 bits per heavy atom. The van der Waals surface area contributed by atoms with E-state index in [0.29, 0.717) is 6.54 Å². The third-order valence-corrected chi connectivity index (χ3v) is 4.38. The maximum Gasteiger partial charge on any atom is 0.254 e. The molecule has 0 atom stereocenters. The number of aromatic nitrogens is 1. The van der Waals surface area contributed by atoms with Gasteiger partial charge in [0.15, 0.2) is 0 Å². The van der Waals surface area contributed by atoms with E-state index in [0.717, 1.165) is 21.8 Å². The summed E-state index contributed by atoms with van der Waals surface area (Å²) in [6.45, 7) is 4.76. The lowest BCUT2D eigenvalue weighted by molar-refractivity contribution is 0.0816. The third-order valence-electron chi connectivity index (χ3n) is 3.26. The lowest BCUT2D eigenvalue weighted by Gasteiger charge is -2.04. The van der Waals surface area contributed by atoms with E-state index >= 15 is 0 Å². The summed E-state index contributed by atoms with van der Waals surface area (Å²) in [6.07, 6.45) is 0. The van der Waals surface area contributed by atoms with Crippen LogP contribution in [0.3, 0.4) is 0 Å². The summed E-state index contributed by atoms with van der Waals surface area (Å²) in [6, 6.07) is 6.08. The van der Waals surface area contributed by atoms with Crippen LogP contribution in [0.5, 0.6) is 0 Å². The molecule has 18 heavy (non-hydrogen) atoms. The Labute approximate surface area is 110 Å². The second-order valence-corrected chi connectivity index (χ2v) is 5.88. The molecule has 0 saturated heterocycles. The molecule has 3 rings (SSSR count). The zero-order valence-electron chi connectivity index (χ0n) is 10.7. The number of fused-ring (bicyclic) bond motifs is 1. The van der Waals surface area contributed by atoms with Gasteiger partial charge in [-0.25, -0.2) is 4.98 Å². The van der Waals surface area contributed by atoms with E-state index in [9.17, 15) is 4.79 Å². The molecule has 1 aliphatic heterocycles. The first kappa shape index (κ1) is 11.4. The molecule has 3 nitrogen and oxygen atoms in total. The van der Waals surface area contributed by atoms with Gasteiger partial charge in [-0.2, -0.15) is 0 Å². The van der Waals surface area contributed by atoms with Gasteiger partial charge in [-0.1, -0.05) is 6.07 Å². The number of thiazole rings is 1. The van der Waals surface area contributed by atoms with E-state index in [4.69, 9.17) is 0 Å². The largest absolute Gasteiger partial charge is 0.337 e. The highest BCUT2D eigenvalue weighted by Crippen LogP contribution is 2.33. The molecular formula is C14H14N2OS. The Bertz CT molecular complexity index is 645. The lowest BCUT2D eigenvalue weighted by Crippen LogP contribution is -2.17. The minimum absolute atomic E-state index is 0.119. The first-order chi connectivity index (χ1) is 8.56. The number of amides is 1. The molecule has 0 unspecified atom stereocenters. The Hall–Kier alpha value is -1.68. The van der Waals surface area contributed by atoms with Crippen molar-refractivity contribution in [3.8, 4) is 10.4 Å². The van der Waals surface area contributed by atoms with E-state index in [1.807, 2.05) is 33.0 Å². The first-order valence-corrected chi connectivity index (χ1v) is 6.70. The van der Waals surface area contributed by atoms with E-state index < -0.39 is 0 Å². The van der Waals surface area contributed by atoms with Crippen LogP contribution in [0.25, 0.3) is 10.4 Å². The van der Waals surface area contributed by atoms with Crippen molar-refractivity contribution in [2.45, 2.75) is 20.4 Å². The SMILES string of the molecule is Cc1nc(C)c(-c2ccc3c(c2)CN(C)C3=O)s1. The molecule has 92 valence electrons. The van der Waals surface area contributed by atoms with E-state index in [-0.39, 0.29) is 5.91 Å². The van der Waals surface area contributed by atoms with E-state index in [2.05, 4.69) is 11.1 Å². The Balaban J connectivity index is 2.10. The number of carbonyl (C=O) groups is 1. The fraction of sp³-hybridized carbons (Fsp3) is 0.286. The van der Waals surface area contributed by atoms with Crippen LogP contribution in [-0.4, -0.2) is 22.8 Å². The van der Waals surface area contributed by atoms with Gasteiger partial charge in [0.05, 0.1) is 15.6 Å². The van der Waals surface area contributed by atoms with Crippen molar-refractivity contribution >= 4 is 17.2 Å². The highest BCUT2D eigenvalue weighted by molar-refractivity contribution is 7.15. The molecule has 1 aliphatic rings. The van der Waals surface area contributed by atoms with Crippen LogP contribution < -0.4 is 0 Å². The van der Waals surface area contributed by atoms with Crippen LogP contribution in [0, 0.1) is 13.8 Å². The van der Waals surface area contributed by atoms with Crippen LogP contribution in [0.1, 0.15) is 26.6 Å². The summed E-state index contributed by atoms with van der Waals surface area (Å²) in [4.78, 5) is 19.2. The molecule has 4 heteroatoms. The van der Waals surface area contributed by atoms with Crippen LogP contribution in [0.4, 0.5) is 0 Å². The second-order valence-electron chi connectivity index (χ2n) is 4.68. The molecule has 1 aromatic carbocycles. The Kier molecular flexibility index (Phi) is 2.48. The number of aryl methyl sites for hydroxylation is 2. The maximum absolute atomic E-state index is 11.8. The Morgan fingerprint density at radius 1 is 1.33 bits per heavy atom. The molecule has 2 aromatic rings. The fourth-order valence-corrected chi connectivity index (χ4v) is 3.32. The van der Waals surface area contributed by atoms with Crippen molar-refractivity contribution in [1.29, 1.82) is 0 Å². The molecule has 0 aliphatic carbocycles. The summed E-state index contributed by atoms with van der Waals surface area (Å²) < 4.78 is 0. The molecule has 1 aromatic heterocycles. The van der Waals surface area contributed by atoms with Crippen molar-refractivity contribution in [1.82, 2.24) is 9.88 Å². The molecule has 2 heterocycles. The predicted molar refractivity (Wildman–Crippen MR) is 72.8 cm³/mol. The average molecular weight is 258 g/mol. The van der Waals surface area contributed by atoms with Crippen LogP contribution >= 0.6 is 11.3 Å². The number of nitrogens with zero attached hydrogens (tertiary/aromatic N) is 2. The summed E-state index contributed by atoms with van der Waals surface area (Å²) in [5, 5.41) is 1.08. The van der Waals surface area contributed by atoms with Crippen molar-refractivity contribution < 1.29 is 4.79 Å². The minimum atomic E-state index is 0.119. The summed E-state index contributed by atoms with van der Waals surface area (Å²) in [7, 11) is 1.84. The van der Waals surface area contributed by atoms with Gasteiger partial charge in [0.25, 0.3) is 5.91 Å². The highest BCUT2D eigenvalue weighted by atomic mass is 32.1. The molecule has 0 spiro atoms. The molecule has 0 fully saturated rings. The van der Waals surface area contributed by atoms with Gasteiger partial charge in [-0.05, 0) is 37.1 Å². The number of rotatable bonds is 1. The molecular weight excluding hydrogens is 244 g/mol. The monoisotopic (exact) mass is 258 g/mol. The van der Waals surface area contributed by atoms with E-state index in [1.54, 1.807) is 16.2 Å². The van der Waals surface area contributed by atoms with Gasteiger partial charge >= 0.3 is 0 Å². The molecule has 0 N–H and O–H groups in total. The van der Waals surface area contributed by atoms with Gasteiger partial charge in [0, 0.05) is 19.2 Å². The Morgan fingerprint density at radius 2 is 2.11 bits per heavy atom. The maximum atomic E-state index is 11.8. The van der Waals surface area contributed by atoms with Crippen molar-refractivity contribution in [3.05, 3.63) is 40.0 Å².